The lowest BCUT2D eigenvalue weighted by Gasteiger charge is -2.39. The Bertz CT molecular complexity index is 758. The summed E-state index contributed by atoms with van der Waals surface area (Å²) in [4.78, 5) is 14.1. The summed E-state index contributed by atoms with van der Waals surface area (Å²) in [5, 5.41) is 0. The quantitative estimate of drug-likeness (QED) is 0.717. The van der Waals surface area contributed by atoms with Gasteiger partial charge in [0.15, 0.2) is 0 Å². The van der Waals surface area contributed by atoms with Crippen LogP contribution in [0.1, 0.15) is 33.3 Å². The van der Waals surface area contributed by atoms with Crippen molar-refractivity contribution in [3.63, 3.8) is 0 Å². The number of nitrogens with zero attached hydrogens (tertiary/aromatic N) is 2. The Balaban J connectivity index is 2.16. The maximum absolute atomic E-state index is 13.0. The number of ether oxygens (including phenoxy) is 1. The van der Waals surface area contributed by atoms with E-state index in [0.717, 1.165) is 4.47 Å². The van der Waals surface area contributed by atoms with Crippen LogP contribution in [0.15, 0.2) is 27.6 Å². The van der Waals surface area contributed by atoms with Gasteiger partial charge in [0, 0.05) is 30.1 Å². The van der Waals surface area contributed by atoms with Gasteiger partial charge in [0.1, 0.15) is 5.60 Å². The SMILES string of the molecule is Cc1cc(Br)ccc1S(=O)(=O)N1CCN(C(=O)OC(C)(C)C)C[C@@H]1C. The fourth-order valence-electron chi connectivity index (χ4n) is 2.82. The highest BCUT2D eigenvalue weighted by Crippen LogP contribution is 2.26. The zero-order chi connectivity index (χ0) is 19.0. The molecule has 25 heavy (non-hydrogen) atoms. The lowest BCUT2D eigenvalue weighted by atomic mass is 10.2. The van der Waals surface area contributed by atoms with Crippen molar-refractivity contribution in [3.8, 4) is 0 Å². The normalized spacial score (nSPS) is 19.8. The summed E-state index contributed by atoms with van der Waals surface area (Å²) in [6.45, 7) is 9.89. The second-order valence-electron chi connectivity index (χ2n) is 7.30. The lowest BCUT2D eigenvalue weighted by Crippen LogP contribution is -2.56. The Morgan fingerprint density at radius 2 is 1.92 bits per heavy atom. The van der Waals surface area contributed by atoms with Crippen LogP contribution in [0.2, 0.25) is 0 Å². The van der Waals surface area contributed by atoms with Gasteiger partial charge in [-0.3, -0.25) is 0 Å². The first-order chi connectivity index (χ1) is 11.4. The van der Waals surface area contributed by atoms with Crippen molar-refractivity contribution in [2.75, 3.05) is 19.6 Å². The fraction of sp³-hybridized carbons (Fsp3) is 0.588. The van der Waals surface area contributed by atoms with Crippen molar-refractivity contribution in [3.05, 3.63) is 28.2 Å². The number of halogens is 1. The Kier molecular flexibility index (Phi) is 5.85. The molecular formula is C17H25BrN2O4S. The van der Waals surface area contributed by atoms with Crippen LogP contribution in [-0.4, -0.2) is 55.0 Å². The number of amides is 1. The molecule has 0 N–H and O–H groups in total. The molecule has 1 saturated heterocycles. The minimum atomic E-state index is -3.61. The summed E-state index contributed by atoms with van der Waals surface area (Å²) >= 11 is 3.35. The van der Waals surface area contributed by atoms with E-state index in [9.17, 15) is 13.2 Å². The standard InChI is InChI=1S/C17H25BrN2O4S/c1-12-10-14(18)6-7-15(12)25(22,23)20-9-8-19(11-13(20)2)16(21)24-17(3,4)5/h6-7,10,13H,8-9,11H2,1-5H3/t13-/m0/s1. The Labute approximate surface area is 158 Å². The Hall–Kier alpha value is -1.12. The van der Waals surface area contributed by atoms with Crippen molar-refractivity contribution >= 4 is 32.0 Å². The van der Waals surface area contributed by atoms with E-state index in [2.05, 4.69) is 15.9 Å². The average Bonchev–Trinajstić information content (AvgIpc) is 2.44. The van der Waals surface area contributed by atoms with Crippen LogP contribution in [-0.2, 0) is 14.8 Å². The molecule has 6 nitrogen and oxygen atoms in total. The van der Waals surface area contributed by atoms with E-state index in [4.69, 9.17) is 4.74 Å². The third-order valence-corrected chi connectivity index (χ3v) is 6.61. The summed E-state index contributed by atoms with van der Waals surface area (Å²) in [7, 11) is -3.61. The first-order valence-corrected chi connectivity index (χ1v) is 10.4. The van der Waals surface area contributed by atoms with Crippen LogP contribution < -0.4 is 0 Å². The molecule has 0 saturated carbocycles. The van der Waals surface area contributed by atoms with Crippen molar-refractivity contribution in [1.29, 1.82) is 0 Å². The zero-order valence-corrected chi connectivity index (χ0v) is 17.6. The van der Waals surface area contributed by atoms with E-state index >= 15 is 0 Å². The van der Waals surface area contributed by atoms with Crippen molar-refractivity contribution in [2.24, 2.45) is 0 Å². The molecule has 1 heterocycles. The summed E-state index contributed by atoms with van der Waals surface area (Å²) in [5.41, 5.74) is 0.120. The maximum Gasteiger partial charge on any atom is 0.410 e. The molecule has 1 amide bonds. The van der Waals surface area contributed by atoms with Crippen LogP contribution in [0.4, 0.5) is 4.79 Å². The number of rotatable bonds is 2. The summed E-state index contributed by atoms with van der Waals surface area (Å²) in [6, 6.07) is 4.80. The number of piperazine rings is 1. The minimum Gasteiger partial charge on any atom is -0.444 e. The molecule has 0 unspecified atom stereocenters. The fourth-order valence-corrected chi connectivity index (χ4v) is 5.12. The number of benzene rings is 1. The third kappa shape index (κ3) is 4.74. The van der Waals surface area contributed by atoms with E-state index in [1.807, 2.05) is 27.7 Å². The molecule has 0 bridgehead atoms. The van der Waals surface area contributed by atoms with Gasteiger partial charge in [-0.15, -0.1) is 0 Å². The molecule has 1 aliphatic heterocycles. The highest BCUT2D eigenvalue weighted by Gasteiger charge is 2.37. The van der Waals surface area contributed by atoms with Gasteiger partial charge >= 0.3 is 6.09 Å². The van der Waals surface area contributed by atoms with E-state index < -0.39 is 21.7 Å². The largest absolute Gasteiger partial charge is 0.444 e. The lowest BCUT2D eigenvalue weighted by molar-refractivity contribution is 0.0143. The first-order valence-electron chi connectivity index (χ1n) is 8.18. The molecule has 1 aliphatic rings. The molecule has 1 aromatic carbocycles. The number of hydrogen-bond donors (Lipinski definition) is 0. The van der Waals surface area contributed by atoms with Gasteiger partial charge < -0.3 is 9.64 Å². The molecule has 0 aromatic heterocycles. The van der Waals surface area contributed by atoms with Crippen LogP contribution in [0.5, 0.6) is 0 Å². The highest BCUT2D eigenvalue weighted by atomic mass is 79.9. The van der Waals surface area contributed by atoms with E-state index in [1.54, 1.807) is 30.0 Å². The summed E-state index contributed by atoms with van der Waals surface area (Å²) < 4.78 is 33.7. The molecule has 0 aliphatic carbocycles. The highest BCUT2D eigenvalue weighted by molar-refractivity contribution is 9.10. The predicted molar refractivity (Wildman–Crippen MR) is 100 cm³/mol. The number of carbonyl (C=O) groups is 1. The van der Waals surface area contributed by atoms with Crippen LogP contribution >= 0.6 is 15.9 Å². The molecule has 1 atom stereocenters. The smallest absolute Gasteiger partial charge is 0.410 e. The molecule has 1 aromatic rings. The van der Waals surface area contributed by atoms with Crippen LogP contribution in [0.3, 0.4) is 0 Å². The topological polar surface area (TPSA) is 66.9 Å². The average molecular weight is 433 g/mol. The molecule has 0 spiro atoms. The molecule has 1 fully saturated rings. The second kappa shape index (κ2) is 7.25. The Morgan fingerprint density at radius 1 is 1.28 bits per heavy atom. The molecule has 8 heteroatoms. The summed E-state index contributed by atoms with van der Waals surface area (Å²) in [5.74, 6) is 0. The molecule has 2 rings (SSSR count). The number of hydrogen-bond acceptors (Lipinski definition) is 4. The van der Waals surface area contributed by atoms with Crippen molar-refractivity contribution in [1.82, 2.24) is 9.21 Å². The third-order valence-electron chi connectivity index (χ3n) is 3.94. The van der Waals surface area contributed by atoms with Gasteiger partial charge in [-0.2, -0.15) is 4.31 Å². The molecular weight excluding hydrogens is 408 g/mol. The number of carbonyl (C=O) groups excluding carboxylic acids is 1. The van der Waals surface area contributed by atoms with Crippen LogP contribution in [0.25, 0.3) is 0 Å². The first kappa shape index (κ1) is 20.2. The summed E-state index contributed by atoms with van der Waals surface area (Å²) in [6.07, 6.45) is -0.406. The number of aryl methyl sites for hydroxylation is 1. The van der Waals surface area contributed by atoms with Gasteiger partial charge in [-0.25, -0.2) is 13.2 Å². The molecule has 140 valence electrons. The second-order valence-corrected chi connectivity index (χ2v) is 10.1. The van der Waals surface area contributed by atoms with E-state index in [1.165, 1.54) is 4.31 Å². The van der Waals surface area contributed by atoms with E-state index in [-0.39, 0.29) is 12.6 Å². The van der Waals surface area contributed by atoms with Gasteiger partial charge in [0.2, 0.25) is 10.0 Å². The van der Waals surface area contributed by atoms with Gasteiger partial charge in [0.25, 0.3) is 0 Å². The van der Waals surface area contributed by atoms with Crippen LogP contribution in [0, 0.1) is 6.92 Å². The van der Waals surface area contributed by atoms with Crippen molar-refractivity contribution < 1.29 is 17.9 Å². The van der Waals surface area contributed by atoms with E-state index in [0.29, 0.717) is 23.5 Å². The maximum atomic E-state index is 13.0. The predicted octanol–water partition coefficient (Wildman–Crippen LogP) is 3.39. The Morgan fingerprint density at radius 3 is 2.44 bits per heavy atom. The van der Waals surface area contributed by atoms with Gasteiger partial charge in [0.05, 0.1) is 4.90 Å². The minimum absolute atomic E-state index is 0.248. The van der Waals surface area contributed by atoms with Crippen molar-refractivity contribution in [2.45, 2.75) is 51.2 Å². The molecule has 0 radical (unpaired) electrons. The monoisotopic (exact) mass is 432 g/mol. The number of sulfonamides is 1. The van der Waals surface area contributed by atoms with Gasteiger partial charge in [-0.1, -0.05) is 15.9 Å². The zero-order valence-electron chi connectivity index (χ0n) is 15.2. The van der Waals surface area contributed by atoms with Gasteiger partial charge in [-0.05, 0) is 58.4 Å².